The minimum absolute atomic E-state index is 0.0976. The predicted octanol–water partition coefficient (Wildman–Crippen LogP) is 2.06. The summed E-state index contributed by atoms with van der Waals surface area (Å²) < 4.78 is 0. The molecular formula is C17H24N2O. The molecule has 0 saturated heterocycles. The normalized spacial score (nSPS) is 28.5. The number of nitrogens with two attached hydrogens (primary N) is 1. The second kappa shape index (κ2) is 5.21. The molecule has 1 saturated carbocycles. The fraction of sp³-hybridized carbons (Fsp3) is 0.588. The van der Waals surface area contributed by atoms with E-state index in [2.05, 4.69) is 43.4 Å². The smallest absolute Gasteiger partial charge is 0.224 e. The Labute approximate surface area is 120 Å². The van der Waals surface area contributed by atoms with Crippen LogP contribution >= 0.6 is 0 Å². The maximum atomic E-state index is 12.5. The molecule has 1 amide bonds. The van der Waals surface area contributed by atoms with Gasteiger partial charge in [-0.05, 0) is 41.7 Å². The summed E-state index contributed by atoms with van der Waals surface area (Å²) >= 11 is 0. The summed E-state index contributed by atoms with van der Waals surface area (Å²) in [4.78, 5) is 12.5. The third kappa shape index (κ3) is 2.24. The number of carbonyl (C=O) groups is 1. The second-order valence-corrected chi connectivity index (χ2v) is 6.55. The molecule has 3 nitrogen and oxygen atoms in total. The lowest BCUT2D eigenvalue weighted by atomic mass is 9.92. The maximum absolute atomic E-state index is 12.5. The van der Waals surface area contributed by atoms with E-state index in [4.69, 9.17) is 5.73 Å². The highest BCUT2D eigenvalue weighted by atomic mass is 16.2. The molecule has 3 N–H and O–H groups in total. The Morgan fingerprint density at radius 3 is 2.85 bits per heavy atom. The SMILES string of the molecule is CC(C)C(CN)NC(=O)C1C2CCc3ccccc3C21. The second-order valence-electron chi connectivity index (χ2n) is 6.55. The van der Waals surface area contributed by atoms with Gasteiger partial charge in [-0.1, -0.05) is 38.1 Å². The Morgan fingerprint density at radius 2 is 2.15 bits per heavy atom. The fourth-order valence-corrected chi connectivity index (χ4v) is 3.70. The van der Waals surface area contributed by atoms with Gasteiger partial charge < -0.3 is 11.1 Å². The first-order valence-corrected chi connectivity index (χ1v) is 7.71. The summed E-state index contributed by atoms with van der Waals surface area (Å²) in [5, 5.41) is 3.15. The molecule has 4 unspecified atom stereocenters. The number of benzene rings is 1. The van der Waals surface area contributed by atoms with Crippen LogP contribution in [0.15, 0.2) is 24.3 Å². The van der Waals surface area contributed by atoms with Crippen LogP contribution in [0.3, 0.4) is 0 Å². The first-order valence-electron chi connectivity index (χ1n) is 7.71. The number of rotatable bonds is 4. The predicted molar refractivity (Wildman–Crippen MR) is 80.3 cm³/mol. The van der Waals surface area contributed by atoms with Crippen LogP contribution in [0.25, 0.3) is 0 Å². The van der Waals surface area contributed by atoms with Crippen molar-refractivity contribution in [3.05, 3.63) is 35.4 Å². The minimum atomic E-state index is 0.0976. The van der Waals surface area contributed by atoms with Gasteiger partial charge in [0.15, 0.2) is 0 Å². The van der Waals surface area contributed by atoms with E-state index < -0.39 is 0 Å². The fourth-order valence-electron chi connectivity index (χ4n) is 3.70. The van der Waals surface area contributed by atoms with Crippen LogP contribution in [0.5, 0.6) is 0 Å². The van der Waals surface area contributed by atoms with Crippen LogP contribution in [0.1, 0.15) is 37.3 Å². The molecule has 0 heterocycles. The van der Waals surface area contributed by atoms with Gasteiger partial charge in [-0.15, -0.1) is 0 Å². The van der Waals surface area contributed by atoms with Gasteiger partial charge in [0.1, 0.15) is 0 Å². The Balaban J connectivity index is 1.71. The molecule has 2 aliphatic rings. The molecule has 108 valence electrons. The number of fused-ring (bicyclic) bond motifs is 3. The molecule has 1 aromatic rings. The molecule has 0 spiro atoms. The summed E-state index contributed by atoms with van der Waals surface area (Å²) in [5.74, 6) is 1.77. The van der Waals surface area contributed by atoms with Crippen molar-refractivity contribution >= 4 is 5.91 Å². The largest absolute Gasteiger partial charge is 0.352 e. The molecule has 2 aliphatic carbocycles. The zero-order valence-electron chi connectivity index (χ0n) is 12.3. The van der Waals surface area contributed by atoms with Crippen molar-refractivity contribution < 1.29 is 4.79 Å². The van der Waals surface area contributed by atoms with E-state index in [9.17, 15) is 4.79 Å². The average Bonchev–Trinajstić information content (AvgIpc) is 3.19. The number of amides is 1. The van der Waals surface area contributed by atoms with Crippen LogP contribution in [0.4, 0.5) is 0 Å². The number of carbonyl (C=O) groups excluding carboxylic acids is 1. The van der Waals surface area contributed by atoms with Crippen LogP contribution in [-0.4, -0.2) is 18.5 Å². The van der Waals surface area contributed by atoms with Gasteiger partial charge in [-0.3, -0.25) is 4.79 Å². The first kappa shape index (κ1) is 13.6. The standard InChI is InChI=1S/C17H24N2O/c1-10(2)14(9-18)19-17(20)16-13-8-7-11-5-3-4-6-12(11)15(13)16/h3-6,10,13-16H,7-9,18H2,1-2H3,(H,19,20). The highest BCUT2D eigenvalue weighted by Gasteiger charge is 2.57. The quantitative estimate of drug-likeness (QED) is 0.881. The summed E-state index contributed by atoms with van der Waals surface area (Å²) in [6.07, 6.45) is 2.26. The van der Waals surface area contributed by atoms with E-state index in [1.54, 1.807) is 0 Å². The lowest BCUT2D eigenvalue weighted by Crippen LogP contribution is -2.44. The van der Waals surface area contributed by atoms with Gasteiger partial charge in [-0.2, -0.15) is 0 Å². The molecule has 3 heteroatoms. The van der Waals surface area contributed by atoms with Crippen LogP contribution in [-0.2, 0) is 11.2 Å². The summed E-state index contributed by atoms with van der Waals surface area (Å²) in [5.41, 5.74) is 8.59. The van der Waals surface area contributed by atoms with Crippen molar-refractivity contribution in [2.24, 2.45) is 23.5 Å². The lowest BCUT2D eigenvalue weighted by Gasteiger charge is -2.20. The molecule has 3 rings (SSSR count). The van der Waals surface area contributed by atoms with E-state index in [-0.39, 0.29) is 17.9 Å². The molecular weight excluding hydrogens is 248 g/mol. The van der Waals surface area contributed by atoms with Gasteiger partial charge in [0, 0.05) is 18.5 Å². The molecule has 4 atom stereocenters. The van der Waals surface area contributed by atoms with E-state index in [0.29, 0.717) is 24.3 Å². The topological polar surface area (TPSA) is 55.1 Å². The number of nitrogens with one attached hydrogen (secondary N) is 1. The van der Waals surface area contributed by atoms with Crippen LogP contribution in [0, 0.1) is 17.8 Å². The summed E-state index contributed by atoms with van der Waals surface area (Å²) in [6.45, 7) is 4.72. The first-order chi connectivity index (χ1) is 9.63. The number of aryl methyl sites for hydroxylation is 1. The monoisotopic (exact) mass is 272 g/mol. The van der Waals surface area contributed by atoms with Gasteiger partial charge in [0.05, 0.1) is 0 Å². The zero-order chi connectivity index (χ0) is 14.3. The van der Waals surface area contributed by atoms with Gasteiger partial charge in [-0.25, -0.2) is 0 Å². The van der Waals surface area contributed by atoms with Crippen molar-refractivity contribution in [3.63, 3.8) is 0 Å². The lowest BCUT2D eigenvalue weighted by molar-refractivity contribution is -0.123. The van der Waals surface area contributed by atoms with Crippen LogP contribution in [0.2, 0.25) is 0 Å². The van der Waals surface area contributed by atoms with Crippen molar-refractivity contribution in [2.45, 2.75) is 38.6 Å². The van der Waals surface area contributed by atoms with Crippen molar-refractivity contribution in [3.8, 4) is 0 Å². The van der Waals surface area contributed by atoms with Crippen molar-refractivity contribution in [2.75, 3.05) is 6.54 Å². The van der Waals surface area contributed by atoms with E-state index in [1.165, 1.54) is 11.1 Å². The Hall–Kier alpha value is -1.35. The number of hydrogen-bond donors (Lipinski definition) is 2. The van der Waals surface area contributed by atoms with Gasteiger partial charge in [0.25, 0.3) is 0 Å². The Morgan fingerprint density at radius 1 is 1.40 bits per heavy atom. The molecule has 0 bridgehead atoms. The third-order valence-electron chi connectivity index (χ3n) is 5.02. The highest BCUT2D eigenvalue weighted by Crippen LogP contribution is 2.59. The molecule has 0 aromatic heterocycles. The van der Waals surface area contributed by atoms with E-state index in [1.807, 2.05) is 0 Å². The molecule has 0 aliphatic heterocycles. The van der Waals surface area contributed by atoms with E-state index >= 15 is 0 Å². The maximum Gasteiger partial charge on any atom is 0.224 e. The third-order valence-corrected chi connectivity index (χ3v) is 5.02. The molecule has 20 heavy (non-hydrogen) atoms. The highest BCUT2D eigenvalue weighted by molar-refractivity contribution is 5.84. The minimum Gasteiger partial charge on any atom is -0.352 e. The van der Waals surface area contributed by atoms with Crippen LogP contribution < -0.4 is 11.1 Å². The Bertz CT molecular complexity index is 511. The van der Waals surface area contributed by atoms with Gasteiger partial charge >= 0.3 is 0 Å². The van der Waals surface area contributed by atoms with Gasteiger partial charge in [0.2, 0.25) is 5.91 Å². The van der Waals surface area contributed by atoms with Crippen molar-refractivity contribution in [1.82, 2.24) is 5.32 Å². The number of hydrogen-bond acceptors (Lipinski definition) is 2. The van der Waals surface area contributed by atoms with Crippen molar-refractivity contribution in [1.29, 1.82) is 0 Å². The molecule has 1 aromatic carbocycles. The zero-order valence-corrected chi connectivity index (χ0v) is 12.3. The summed E-state index contributed by atoms with van der Waals surface area (Å²) in [6, 6.07) is 8.68. The molecule has 0 radical (unpaired) electrons. The average molecular weight is 272 g/mol. The Kier molecular flexibility index (Phi) is 3.55. The summed E-state index contributed by atoms with van der Waals surface area (Å²) in [7, 11) is 0. The van der Waals surface area contributed by atoms with E-state index in [0.717, 1.165) is 12.8 Å². The molecule has 1 fully saturated rings.